The number of nitrogens with zero attached hydrogens (tertiary/aromatic N) is 1. The van der Waals surface area contributed by atoms with Gasteiger partial charge in [-0.15, -0.1) is 22.7 Å². The third kappa shape index (κ3) is 2.53. The Hall–Kier alpha value is -2.77. The Morgan fingerprint density at radius 3 is 2.50 bits per heavy atom. The summed E-state index contributed by atoms with van der Waals surface area (Å²) in [6.45, 7) is 0. The monoisotopic (exact) mass is 354 g/mol. The van der Waals surface area contributed by atoms with Crippen molar-refractivity contribution >= 4 is 59.4 Å². The second-order valence-corrected chi connectivity index (χ2v) is 7.30. The molecular weight excluding hydrogens is 344 g/mol. The quantitative estimate of drug-likeness (QED) is 0.402. The van der Waals surface area contributed by atoms with Gasteiger partial charge in [0, 0.05) is 32.6 Å². The van der Waals surface area contributed by atoms with Crippen LogP contribution in [0, 0.1) is 10.1 Å². The normalized spacial score (nSPS) is 11.0. The summed E-state index contributed by atoms with van der Waals surface area (Å²) in [5.74, 6) is -0.207. The number of nitro groups is 1. The average Bonchev–Trinajstić information content (AvgIpc) is 3.13. The van der Waals surface area contributed by atoms with Crippen molar-refractivity contribution in [3.05, 3.63) is 69.6 Å². The number of carbonyl (C=O) groups is 1. The van der Waals surface area contributed by atoms with E-state index in [1.807, 2.05) is 18.2 Å². The van der Waals surface area contributed by atoms with E-state index in [2.05, 4.69) is 17.4 Å². The van der Waals surface area contributed by atoms with E-state index in [4.69, 9.17) is 0 Å². The smallest absolute Gasteiger partial charge is 0.269 e. The second-order valence-electron chi connectivity index (χ2n) is 5.16. The molecule has 0 aliphatic rings. The SMILES string of the molecule is O=C(Nc1ccc([N+](=O)[O-])cc1)c1cc2sc3ccccc3c2s1. The lowest BCUT2D eigenvalue weighted by atomic mass is 10.2. The summed E-state index contributed by atoms with van der Waals surface area (Å²) < 4.78 is 3.42. The van der Waals surface area contributed by atoms with E-state index in [1.165, 1.54) is 40.3 Å². The zero-order valence-electron chi connectivity index (χ0n) is 12.2. The third-order valence-corrected chi connectivity index (χ3v) is 6.02. The molecule has 0 radical (unpaired) electrons. The topological polar surface area (TPSA) is 72.2 Å². The Balaban J connectivity index is 1.62. The number of hydrogen-bond donors (Lipinski definition) is 1. The number of non-ortho nitro benzene ring substituents is 1. The van der Waals surface area contributed by atoms with Gasteiger partial charge in [-0.25, -0.2) is 0 Å². The maximum absolute atomic E-state index is 12.4. The molecular formula is C17H10N2O3S2. The Kier molecular flexibility index (Phi) is 3.51. The van der Waals surface area contributed by atoms with Gasteiger partial charge in [0.25, 0.3) is 11.6 Å². The summed E-state index contributed by atoms with van der Waals surface area (Å²) in [6.07, 6.45) is 0. The summed E-state index contributed by atoms with van der Waals surface area (Å²) in [7, 11) is 0. The van der Waals surface area contributed by atoms with Crippen molar-refractivity contribution < 1.29 is 9.72 Å². The number of hydrogen-bond acceptors (Lipinski definition) is 5. The second kappa shape index (κ2) is 5.70. The first kappa shape index (κ1) is 14.8. The molecule has 0 saturated carbocycles. The number of benzene rings is 2. The van der Waals surface area contributed by atoms with Gasteiger partial charge in [0.1, 0.15) is 0 Å². The lowest BCUT2D eigenvalue weighted by Gasteiger charge is -2.02. The summed E-state index contributed by atoms with van der Waals surface area (Å²) in [4.78, 5) is 23.2. The van der Waals surface area contributed by atoms with Gasteiger partial charge >= 0.3 is 0 Å². The van der Waals surface area contributed by atoms with Crippen LogP contribution in [0.4, 0.5) is 11.4 Å². The van der Waals surface area contributed by atoms with E-state index >= 15 is 0 Å². The van der Waals surface area contributed by atoms with E-state index in [9.17, 15) is 14.9 Å². The number of nitro benzene ring substituents is 1. The van der Waals surface area contributed by atoms with Crippen molar-refractivity contribution in [3.63, 3.8) is 0 Å². The van der Waals surface area contributed by atoms with Crippen molar-refractivity contribution in [2.75, 3.05) is 5.32 Å². The van der Waals surface area contributed by atoms with E-state index in [0.29, 0.717) is 10.6 Å². The molecule has 7 heteroatoms. The molecule has 0 atom stereocenters. The van der Waals surface area contributed by atoms with Gasteiger partial charge in [0.05, 0.1) is 14.5 Å². The van der Waals surface area contributed by atoms with Gasteiger partial charge in [-0.3, -0.25) is 14.9 Å². The number of amides is 1. The molecule has 0 spiro atoms. The van der Waals surface area contributed by atoms with Crippen LogP contribution in [0.15, 0.2) is 54.6 Å². The zero-order valence-corrected chi connectivity index (χ0v) is 13.8. The fourth-order valence-electron chi connectivity index (χ4n) is 2.47. The summed E-state index contributed by atoms with van der Waals surface area (Å²) in [5.41, 5.74) is 0.531. The lowest BCUT2D eigenvalue weighted by Crippen LogP contribution is -2.09. The van der Waals surface area contributed by atoms with E-state index in [0.717, 1.165) is 14.8 Å². The summed E-state index contributed by atoms with van der Waals surface area (Å²) >= 11 is 3.13. The predicted molar refractivity (Wildman–Crippen MR) is 98.3 cm³/mol. The minimum absolute atomic E-state index is 0.00361. The number of nitrogens with one attached hydrogen (secondary N) is 1. The van der Waals surface area contributed by atoms with E-state index < -0.39 is 4.92 Å². The van der Waals surface area contributed by atoms with Gasteiger partial charge in [-0.05, 0) is 24.3 Å². The highest BCUT2D eigenvalue weighted by Crippen LogP contribution is 2.39. The van der Waals surface area contributed by atoms with Crippen LogP contribution in [0.1, 0.15) is 9.67 Å². The van der Waals surface area contributed by atoms with Gasteiger partial charge in [0.15, 0.2) is 0 Å². The standard InChI is InChI=1S/C17H10N2O3S2/c20-17(18-10-5-7-11(8-6-10)19(21)22)15-9-14-16(24-15)12-3-1-2-4-13(12)23-14/h1-9H,(H,18,20). The molecule has 0 saturated heterocycles. The Morgan fingerprint density at radius 2 is 1.75 bits per heavy atom. The molecule has 2 heterocycles. The molecule has 1 amide bonds. The van der Waals surface area contributed by atoms with Crippen LogP contribution < -0.4 is 5.32 Å². The summed E-state index contributed by atoms with van der Waals surface area (Å²) in [6, 6.07) is 15.8. The van der Waals surface area contributed by atoms with Crippen LogP contribution in [0.5, 0.6) is 0 Å². The van der Waals surface area contributed by atoms with Crippen molar-refractivity contribution in [1.29, 1.82) is 0 Å². The Bertz CT molecular complexity index is 1080. The fourth-order valence-corrected chi connectivity index (χ4v) is 4.89. The minimum atomic E-state index is -0.468. The first-order valence-corrected chi connectivity index (χ1v) is 8.72. The molecule has 24 heavy (non-hydrogen) atoms. The number of thiophene rings is 2. The zero-order chi connectivity index (χ0) is 16.7. The molecule has 2 aromatic carbocycles. The molecule has 4 rings (SSSR count). The predicted octanol–water partition coefficient (Wildman–Crippen LogP) is 5.28. The van der Waals surface area contributed by atoms with Gasteiger partial charge < -0.3 is 5.32 Å². The highest BCUT2D eigenvalue weighted by Gasteiger charge is 2.15. The van der Waals surface area contributed by atoms with Crippen LogP contribution in [0.25, 0.3) is 19.5 Å². The molecule has 0 aliphatic carbocycles. The third-order valence-electron chi connectivity index (χ3n) is 3.61. The van der Waals surface area contributed by atoms with Crippen LogP contribution in [0.3, 0.4) is 0 Å². The van der Waals surface area contributed by atoms with Gasteiger partial charge in [-0.1, -0.05) is 18.2 Å². The van der Waals surface area contributed by atoms with Crippen LogP contribution >= 0.6 is 22.7 Å². The highest BCUT2D eigenvalue weighted by molar-refractivity contribution is 7.33. The molecule has 2 aromatic heterocycles. The van der Waals surface area contributed by atoms with Crippen molar-refractivity contribution in [3.8, 4) is 0 Å². The number of fused-ring (bicyclic) bond motifs is 3. The van der Waals surface area contributed by atoms with Crippen molar-refractivity contribution in [2.45, 2.75) is 0 Å². The van der Waals surface area contributed by atoms with Crippen LogP contribution in [-0.4, -0.2) is 10.8 Å². The molecule has 0 unspecified atom stereocenters. The minimum Gasteiger partial charge on any atom is -0.321 e. The maximum Gasteiger partial charge on any atom is 0.269 e. The first-order chi connectivity index (χ1) is 11.6. The fraction of sp³-hybridized carbons (Fsp3) is 0. The molecule has 1 N–H and O–H groups in total. The van der Waals surface area contributed by atoms with E-state index in [1.54, 1.807) is 11.3 Å². The number of rotatable bonds is 3. The van der Waals surface area contributed by atoms with Gasteiger partial charge in [0.2, 0.25) is 0 Å². The van der Waals surface area contributed by atoms with Crippen molar-refractivity contribution in [2.24, 2.45) is 0 Å². The Morgan fingerprint density at radius 1 is 1.00 bits per heavy atom. The molecule has 0 aliphatic heterocycles. The van der Waals surface area contributed by atoms with E-state index in [-0.39, 0.29) is 11.6 Å². The highest BCUT2D eigenvalue weighted by atomic mass is 32.1. The molecule has 0 bridgehead atoms. The maximum atomic E-state index is 12.4. The number of carbonyl (C=O) groups excluding carboxylic acids is 1. The van der Waals surface area contributed by atoms with Crippen LogP contribution in [0.2, 0.25) is 0 Å². The van der Waals surface area contributed by atoms with Crippen LogP contribution in [-0.2, 0) is 0 Å². The molecule has 0 fully saturated rings. The molecule has 118 valence electrons. The summed E-state index contributed by atoms with van der Waals surface area (Å²) in [5, 5.41) is 14.6. The first-order valence-electron chi connectivity index (χ1n) is 7.09. The molecule has 4 aromatic rings. The average molecular weight is 354 g/mol. The lowest BCUT2D eigenvalue weighted by molar-refractivity contribution is -0.384. The molecule has 5 nitrogen and oxygen atoms in total. The Labute approximate surface area is 144 Å². The van der Waals surface area contributed by atoms with Gasteiger partial charge in [-0.2, -0.15) is 0 Å². The van der Waals surface area contributed by atoms with Crippen molar-refractivity contribution in [1.82, 2.24) is 0 Å². The number of anilines is 1. The largest absolute Gasteiger partial charge is 0.321 e.